The molecule has 0 bridgehead atoms. The van der Waals surface area contributed by atoms with Crippen LogP contribution in [0.3, 0.4) is 0 Å². The van der Waals surface area contributed by atoms with Crippen LogP contribution in [0.25, 0.3) is 0 Å². The summed E-state index contributed by atoms with van der Waals surface area (Å²) >= 11 is 0. The molecule has 0 saturated heterocycles. The number of benzene rings is 3. The molecule has 7 nitrogen and oxygen atoms in total. The van der Waals surface area contributed by atoms with E-state index in [9.17, 15) is 14.4 Å². The zero-order chi connectivity index (χ0) is 27.4. The first-order chi connectivity index (χ1) is 18.8. The Kier molecular flexibility index (Phi) is 7.68. The normalized spacial score (nSPS) is 20.1. The molecule has 3 aromatic rings. The molecule has 2 unspecified atom stereocenters. The number of nitrogens with one attached hydrogen (secondary N) is 3. The predicted molar refractivity (Wildman–Crippen MR) is 154 cm³/mol. The van der Waals surface area contributed by atoms with Gasteiger partial charge in [-0.1, -0.05) is 73.5 Å². The lowest BCUT2D eigenvalue weighted by Crippen LogP contribution is -2.53. The maximum atomic E-state index is 14.1. The highest BCUT2D eigenvalue weighted by atomic mass is 16.2. The van der Waals surface area contributed by atoms with E-state index in [4.69, 9.17) is 0 Å². The van der Waals surface area contributed by atoms with Crippen LogP contribution in [0.5, 0.6) is 0 Å². The molecule has 4 amide bonds. The lowest BCUT2D eigenvalue weighted by Gasteiger charge is -2.29. The average Bonchev–Trinajstić information content (AvgIpc) is 3.31. The second-order valence-electron chi connectivity index (χ2n) is 11.0. The minimum absolute atomic E-state index is 0.107. The van der Waals surface area contributed by atoms with Crippen LogP contribution in [-0.2, 0) is 9.59 Å². The molecule has 0 spiro atoms. The van der Waals surface area contributed by atoms with E-state index in [1.54, 1.807) is 4.90 Å². The van der Waals surface area contributed by atoms with Gasteiger partial charge in [0, 0.05) is 22.8 Å². The van der Waals surface area contributed by atoms with Crippen molar-refractivity contribution in [2.45, 2.75) is 63.5 Å². The third-order valence-electron chi connectivity index (χ3n) is 7.87. The third kappa shape index (κ3) is 6.14. The van der Waals surface area contributed by atoms with E-state index >= 15 is 0 Å². The van der Waals surface area contributed by atoms with Crippen molar-refractivity contribution >= 4 is 29.2 Å². The summed E-state index contributed by atoms with van der Waals surface area (Å²) < 4.78 is 0. The minimum atomic E-state index is -0.831. The molecule has 1 saturated carbocycles. The van der Waals surface area contributed by atoms with Gasteiger partial charge in [-0.05, 0) is 68.0 Å². The lowest BCUT2D eigenvalue weighted by molar-refractivity contribution is -0.125. The quantitative estimate of drug-likeness (QED) is 0.398. The van der Waals surface area contributed by atoms with Gasteiger partial charge in [0.1, 0.15) is 12.6 Å². The molecule has 2 aliphatic rings. The Labute approximate surface area is 230 Å². The van der Waals surface area contributed by atoms with E-state index in [2.05, 4.69) is 22.9 Å². The van der Waals surface area contributed by atoms with Crippen LogP contribution in [-0.4, -0.2) is 36.0 Å². The van der Waals surface area contributed by atoms with Crippen LogP contribution >= 0.6 is 0 Å². The number of carbonyl (C=O) groups excluding carboxylic acids is 3. The Bertz CT molecular complexity index is 1350. The van der Waals surface area contributed by atoms with Crippen LogP contribution in [0.1, 0.15) is 61.6 Å². The number of carbonyl (C=O) groups is 3. The molecular weight excluding hydrogens is 488 g/mol. The number of nitrogens with zero attached hydrogens (tertiary/aromatic N) is 1. The molecule has 39 heavy (non-hydrogen) atoms. The molecule has 5 rings (SSSR count). The van der Waals surface area contributed by atoms with Gasteiger partial charge in [-0.25, -0.2) is 4.79 Å². The Morgan fingerprint density at radius 1 is 0.949 bits per heavy atom. The van der Waals surface area contributed by atoms with Crippen LogP contribution in [0.15, 0.2) is 78.9 Å². The summed E-state index contributed by atoms with van der Waals surface area (Å²) in [6.45, 7) is 3.92. The molecule has 3 aromatic carbocycles. The SMILES string of the molecule is Cc1cccc(NC(=O)NC2CC(c3ccccc3)c3ccccc3N(CC(=O)NC3(C)CCCC3)C2=O)c1. The number of aryl methyl sites for hydroxylation is 1. The largest absolute Gasteiger partial charge is 0.349 e. The fourth-order valence-corrected chi connectivity index (χ4v) is 5.93. The summed E-state index contributed by atoms with van der Waals surface area (Å²) in [5.74, 6) is -0.633. The van der Waals surface area contributed by atoms with Crippen molar-refractivity contribution in [1.82, 2.24) is 10.6 Å². The summed E-state index contributed by atoms with van der Waals surface area (Å²) in [5.41, 5.74) is 4.13. The molecule has 202 valence electrons. The molecular formula is C32H36N4O3. The highest BCUT2D eigenvalue weighted by molar-refractivity contribution is 6.05. The molecule has 3 N–H and O–H groups in total. The number of urea groups is 1. The number of para-hydroxylation sites is 1. The number of hydrogen-bond acceptors (Lipinski definition) is 3. The van der Waals surface area contributed by atoms with Crippen molar-refractivity contribution < 1.29 is 14.4 Å². The average molecular weight is 525 g/mol. The van der Waals surface area contributed by atoms with E-state index in [0.717, 1.165) is 42.4 Å². The Morgan fingerprint density at radius 2 is 1.67 bits per heavy atom. The third-order valence-corrected chi connectivity index (χ3v) is 7.87. The van der Waals surface area contributed by atoms with E-state index < -0.39 is 12.1 Å². The van der Waals surface area contributed by atoms with Gasteiger partial charge in [0.2, 0.25) is 11.8 Å². The van der Waals surface area contributed by atoms with Gasteiger partial charge < -0.3 is 20.9 Å². The topological polar surface area (TPSA) is 90.5 Å². The first-order valence-electron chi connectivity index (χ1n) is 13.7. The predicted octanol–water partition coefficient (Wildman–Crippen LogP) is 5.50. The van der Waals surface area contributed by atoms with Crippen molar-refractivity contribution in [3.63, 3.8) is 0 Å². The number of hydrogen-bond donors (Lipinski definition) is 3. The maximum absolute atomic E-state index is 14.1. The fraction of sp³-hybridized carbons (Fsp3) is 0.344. The van der Waals surface area contributed by atoms with Crippen molar-refractivity contribution in [3.8, 4) is 0 Å². The van der Waals surface area contributed by atoms with Gasteiger partial charge in [-0.2, -0.15) is 0 Å². The van der Waals surface area contributed by atoms with Gasteiger partial charge in [0.15, 0.2) is 0 Å². The van der Waals surface area contributed by atoms with Crippen molar-refractivity contribution in [3.05, 3.63) is 95.6 Å². The highest BCUT2D eigenvalue weighted by Crippen LogP contribution is 2.39. The number of anilines is 2. The van der Waals surface area contributed by atoms with Crippen LogP contribution in [0.2, 0.25) is 0 Å². The number of rotatable bonds is 6. The van der Waals surface area contributed by atoms with Gasteiger partial charge in [0.05, 0.1) is 0 Å². The second-order valence-corrected chi connectivity index (χ2v) is 11.0. The monoisotopic (exact) mass is 524 g/mol. The summed E-state index contributed by atoms with van der Waals surface area (Å²) in [6.07, 6.45) is 4.41. The number of amides is 4. The van der Waals surface area contributed by atoms with Crippen LogP contribution in [0.4, 0.5) is 16.2 Å². The van der Waals surface area contributed by atoms with Crippen LogP contribution < -0.4 is 20.9 Å². The smallest absolute Gasteiger partial charge is 0.319 e. The molecule has 2 atom stereocenters. The first-order valence-corrected chi connectivity index (χ1v) is 13.7. The van der Waals surface area contributed by atoms with E-state index in [0.29, 0.717) is 17.8 Å². The molecule has 1 heterocycles. The first kappa shape index (κ1) is 26.5. The standard InChI is InChI=1S/C32H36N4O3/c1-22-11-10-14-24(19-22)33-31(39)34-27-20-26(23-12-4-3-5-13-23)25-15-6-7-16-28(25)36(30(27)38)21-29(37)35-32(2)17-8-9-18-32/h3-7,10-16,19,26-27H,8-9,17-18,20-21H2,1-2H3,(H,35,37)(H2,33,34,39). The molecule has 1 aliphatic heterocycles. The zero-order valence-corrected chi connectivity index (χ0v) is 22.6. The summed E-state index contributed by atoms with van der Waals surface area (Å²) in [4.78, 5) is 42.0. The fourth-order valence-electron chi connectivity index (χ4n) is 5.93. The van der Waals surface area contributed by atoms with Gasteiger partial charge in [-0.3, -0.25) is 9.59 Å². The Balaban J connectivity index is 1.46. The Hall–Kier alpha value is -4.13. The van der Waals surface area contributed by atoms with Crippen molar-refractivity contribution in [2.75, 3.05) is 16.8 Å². The molecule has 1 fully saturated rings. The van der Waals surface area contributed by atoms with Crippen LogP contribution in [0, 0.1) is 6.92 Å². The second kappa shape index (κ2) is 11.3. The molecule has 0 aromatic heterocycles. The summed E-state index contributed by atoms with van der Waals surface area (Å²) in [5, 5.41) is 8.96. The molecule has 0 radical (unpaired) electrons. The molecule has 7 heteroatoms. The molecule has 1 aliphatic carbocycles. The highest BCUT2D eigenvalue weighted by Gasteiger charge is 2.38. The maximum Gasteiger partial charge on any atom is 0.319 e. The van der Waals surface area contributed by atoms with Gasteiger partial charge >= 0.3 is 6.03 Å². The van der Waals surface area contributed by atoms with Gasteiger partial charge in [0.25, 0.3) is 0 Å². The van der Waals surface area contributed by atoms with E-state index in [1.807, 2.05) is 85.8 Å². The minimum Gasteiger partial charge on any atom is -0.349 e. The van der Waals surface area contributed by atoms with Crippen molar-refractivity contribution in [1.29, 1.82) is 0 Å². The van der Waals surface area contributed by atoms with E-state index in [1.165, 1.54) is 0 Å². The van der Waals surface area contributed by atoms with Gasteiger partial charge in [-0.15, -0.1) is 0 Å². The lowest BCUT2D eigenvalue weighted by atomic mass is 9.86. The summed E-state index contributed by atoms with van der Waals surface area (Å²) in [6, 6.07) is 24.0. The zero-order valence-electron chi connectivity index (χ0n) is 22.6. The van der Waals surface area contributed by atoms with Crippen molar-refractivity contribution in [2.24, 2.45) is 0 Å². The Morgan fingerprint density at radius 3 is 2.41 bits per heavy atom. The number of fused-ring (bicyclic) bond motifs is 1. The van der Waals surface area contributed by atoms with E-state index in [-0.39, 0.29) is 29.8 Å². The summed E-state index contributed by atoms with van der Waals surface area (Å²) in [7, 11) is 0.